The number of pyridine rings is 2. The minimum Gasteiger partial charge on any atom is -0.457 e. The largest absolute Gasteiger partial charge is 0.457 e. The van der Waals surface area contributed by atoms with E-state index < -0.39 is 0 Å². The van der Waals surface area contributed by atoms with Gasteiger partial charge in [0.2, 0.25) is 0 Å². The molecule has 0 aliphatic rings. The molecule has 0 amide bonds. The van der Waals surface area contributed by atoms with E-state index in [9.17, 15) is 0 Å². The van der Waals surface area contributed by atoms with Crippen LogP contribution in [-0.2, 0) is 0 Å². The number of benzene rings is 5. The van der Waals surface area contributed by atoms with E-state index in [1.54, 1.807) is 0 Å². The molecule has 9 rings (SSSR count). The monoisotopic (exact) mass is 580 g/mol. The fraction of sp³-hybridized carbons (Fsp3) is 0.0500. The van der Waals surface area contributed by atoms with Gasteiger partial charge in [0.1, 0.15) is 23.0 Å². The Hall–Kier alpha value is -5.94. The van der Waals surface area contributed by atoms with Crippen LogP contribution in [-0.4, -0.2) is 18.9 Å². The molecule has 0 aliphatic heterocycles. The van der Waals surface area contributed by atoms with Gasteiger partial charge in [-0.1, -0.05) is 48.5 Å². The van der Waals surface area contributed by atoms with Crippen molar-refractivity contribution in [3.63, 3.8) is 0 Å². The number of rotatable bonds is 4. The van der Waals surface area contributed by atoms with Gasteiger partial charge in [-0.3, -0.25) is 8.97 Å². The minimum atomic E-state index is 0.762. The summed E-state index contributed by atoms with van der Waals surface area (Å²) in [5.41, 5.74) is 9.26. The molecule has 214 valence electrons. The number of fused-ring (bicyclic) bond motifs is 9. The van der Waals surface area contributed by atoms with E-state index in [1.807, 2.05) is 42.9 Å². The lowest BCUT2D eigenvalue weighted by Crippen LogP contribution is -1.96. The van der Waals surface area contributed by atoms with Gasteiger partial charge >= 0.3 is 0 Å². The zero-order valence-electron chi connectivity index (χ0n) is 24.9. The third-order valence-corrected chi connectivity index (χ3v) is 8.95. The number of nitrogens with zero attached hydrogens (tertiary/aromatic N) is 4. The highest BCUT2D eigenvalue weighted by atomic mass is 16.5. The third-order valence-electron chi connectivity index (χ3n) is 8.95. The second kappa shape index (κ2) is 9.79. The van der Waals surface area contributed by atoms with Crippen molar-refractivity contribution in [2.45, 2.75) is 13.8 Å². The Kier molecular flexibility index (Phi) is 5.56. The SMILES string of the molecule is Cc1cccc(C)c1-c1ccc2c(c1)c1ccc(Oc3ccc4c5ccccc5n(-c5ccccn5)c4c3)cc1c1nccn21. The molecule has 5 aromatic carbocycles. The highest BCUT2D eigenvalue weighted by Crippen LogP contribution is 2.38. The van der Waals surface area contributed by atoms with E-state index in [0.29, 0.717) is 0 Å². The van der Waals surface area contributed by atoms with Crippen LogP contribution in [0.25, 0.3) is 66.1 Å². The average Bonchev–Trinajstić information content (AvgIpc) is 3.69. The molecule has 0 fully saturated rings. The van der Waals surface area contributed by atoms with Crippen LogP contribution in [0.5, 0.6) is 11.5 Å². The summed E-state index contributed by atoms with van der Waals surface area (Å²) in [5.74, 6) is 2.40. The first-order chi connectivity index (χ1) is 22.1. The van der Waals surface area contributed by atoms with Gasteiger partial charge in [-0.2, -0.15) is 0 Å². The molecule has 45 heavy (non-hydrogen) atoms. The Morgan fingerprint density at radius 3 is 2.16 bits per heavy atom. The topological polar surface area (TPSA) is 44.3 Å². The summed E-state index contributed by atoms with van der Waals surface area (Å²) in [6.07, 6.45) is 5.73. The molecule has 0 radical (unpaired) electrons. The lowest BCUT2D eigenvalue weighted by Gasteiger charge is -2.14. The summed E-state index contributed by atoms with van der Waals surface area (Å²) < 4.78 is 10.9. The number of aryl methyl sites for hydroxylation is 2. The molecular formula is C40H28N4O. The van der Waals surface area contributed by atoms with Crippen molar-refractivity contribution in [1.29, 1.82) is 0 Å². The van der Waals surface area contributed by atoms with E-state index in [0.717, 1.165) is 55.7 Å². The molecular weight excluding hydrogens is 552 g/mol. The molecule has 0 saturated heterocycles. The highest BCUT2D eigenvalue weighted by Gasteiger charge is 2.16. The van der Waals surface area contributed by atoms with E-state index in [1.165, 1.54) is 33.0 Å². The Labute approximate surface area is 259 Å². The summed E-state index contributed by atoms with van der Waals surface area (Å²) in [5, 5.41) is 5.72. The van der Waals surface area contributed by atoms with Crippen molar-refractivity contribution < 1.29 is 4.74 Å². The number of aromatic nitrogens is 4. The lowest BCUT2D eigenvalue weighted by molar-refractivity contribution is 0.484. The van der Waals surface area contributed by atoms with E-state index in [2.05, 4.69) is 119 Å². The van der Waals surface area contributed by atoms with E-state index >= 15 is 0 Å². The number of hydrogen-bond donors (Lipinski definition) is 0. The lowest BCUT2D eigenvalue weighted by atomic mass is 9.94. The molecule has 0 aliphatic carbocycles. The summed E-state index contributed by atoms with van der Waals surface area (Å²) in [6, 6.07) is 40.3. The van der Waals surface area contributed by atoms with Crippen LogP contribution >= 0.6 is 0 Å². The molecule has 5 heteroatoms. The molecule has 4 aromatic heterocycles. The zero-order chi connectivity index (χ0) is 30.1. The summed E-state index contributed by atoms with van der Waals surface area (Å²) in [6.45, 7) is 4.36. The van der Waals surface area contributed by atoms with Gasteiger partial charge in [0.05, 0.1) is 16.6 Å². The molecule has 0 unspecified atom stereocenters. The van der Waals surface area contributed by atoms with Crippen LogP contribution in [0.1, 0.15) is 11.1 Å². The van der Waals surface area contributed by atoms with Crippen molar-refractivity contribution in [1.82, 2.24) is 18.9 Å². The fourth-order valence-electron chi connectivity index (χ4n) is 6.97. The minimum absolute atomic E-state index is 0.762. The first-order valence-corrected chi connectivity index (χ1v) is 15.2. The second-order valence-corrected chi connectivity index (χ2v) is 11.6. The molecule has 5 nitrogen and oxygen atoms in total. The van der Waals surface area contributed by atoms with Gasteiger partial charge in [0.15, 0.2) is 0 Å². The first-order valence-electron chi connectivity index (χ1n) is 15.2. The molecule has 0 bridgehead atoms. The van der Waals surface area contributed by atoms with E-state index in [-0.39, 0.29) is 0 Å². The van der Waals surface area contributed by atoms with Gasteiger partial charge in [-0.05, 0) is 102 Å². The quantitative estimate of drug-likeness (QED) is 0.195. The molecule has 0 saturated carbocycles. The van der Waals surface area contributed by atoms with Crippen molar-refractivity contribution in [2.24, 2.45) is 0 Å². The Balaban J connectivity index is 1.20. The average molecular weight is 581 g/mol. The van der Waals surface area contributed by atoms with Gasteiger partial charge in [0, 0.05) is 46.2 Å². The van der Waals surface area contributed by atoms with Crippen LogP contribution in [0.3, 0.4) is 0 Å². The predicted octanol–water partition coefficient (Wildman–Crippen LogP) is 10.2. The maximum Gasteiger partial charge on any atom is 0.145 e. The molecule has 0 N–H and O–H groups in total. The number of imidazole rings is 1. The van der Waals surface area contributed by atoms with Crippen molar-refractivity contribution in [3.05, 3.63) is 145 Å². The van der Waals surface area contributed by atoms with Crippen molar-refractivity contribution >= 4 is 49.1 Å². The number of para-hydroxylation sites is 1. The number of hydrogen-bond acceptors (Lipinski definition) is 3. The smallest absolute Gasteiger partial charge is 0.145 e. The highest BCUT2D eigenvalue weighted by molar-refractivity contribution is 6.13. The van der Waals surface area contributed by atoms with Crippen LogP contribution in [0, 0.1) is 13.8 Å². The number of ether oxygens (including phenoxy) is 1. The normalized spacial score (nSPS) is 11.8. The Morgan fingerprint density at radius 2 is 1.31 bits per heavy atom. The third kappa shape index (κ3) is 3.94. The van der Waals surface area contributed by atoms with Crippen molar-refractivity contribution in [3.8, 4) is 28.4 Å². The second-order valence-electron chi connectivity index (χ2n) is 11.6. The maximum atomic E-state index is 6.57. The predicted molar refractivity (Wildman–Crippen MR) is 184 cm³/mol. The molecule has 0 atom stereocenters. The van der Waals surface area contributed by atoms with Crippen LogP contribution < -0.4 is 4.74 Å². The molecule has 0 spiro atoms. The van der Waals surface area contributed by atoms with Gasteiger partial charge < -0.3 is 4.74 Å². The van der Waals surface area contributed by atoms with Gasteiger partial charge in [0.25, 0.3) is 0 Å². The Morgan fingerprint density at radius 1 is 0.533 bits per heavy atom. The zero-order valence-corrected chi connectivity index (χ0v) is 24.9. The standard InChI is InChI=1S/C40H28N4O/c1-25-8-7-9-26(2)39(25)27-13-18-35-33(22-27)30-16-14-28(23-34(30)40-42-20-21-43(35)40)45-29-15-17-32-31-10-3-4-11-36(31)44(37(32)24-29)38-12-5-6-19-41-38/h3-24H,1-2H3. The molecule has 4 heterocycles. The Bertz CT molecular complexity index is 2570. The fourth-order valence-corrected chi connectivity index (χ4v) is 6.97. The van der Waals surface area contributed by atoms with Crippen LogP contribution in [0.4, 0.5) is 0 Å². The van der Waals surface area contributed by atoms with Gasteiger partial charge in [-0.15, -0.1) is 0 Å². The summed E-state index contributed by atoms with van der Waals surface area (Å²) >= 11 is 0. The maximum absolute atomic E-state index is 6.57. The van der Waals surface area contributed by atoms with Crippen molar-refractivity contribution in [2.75, 3.05) is 0 Å². The molecule has 9 aromatic rings. The van der Waals surface area contributed by atoms with Crippen LogP contribution in [0.15, 0.2) is 134 Å². The van der Waals surface area contributed by atoms with E-state index in [4.69, 9.17) is 9.72 Å². The van der Waals surface area contributed by atoms with Gasteiger partial charge in [-0.25, -0.2) is 9.97 Å². The first kappa shape index (κ1) is 25.5. The summed E-state index contributed by atoms with van der Waals surface area (Å²) in [7, 11) is 0. The summed E-state index contributed by atoms with van der Waals surface area (Å²) in [4.78, 5) is 9.43. The van der Waals surface area contributed by atoms with Crippen LogP contribution in [0.2, 0.25) is 0 Å².